The van der Waals surface area contributed by atoms with Crippen molar-refractivity contribution < 1.29 is 0 Å². The average Bonchev–Trinajstić information content (AvgIpc) is 3.06. The molecule has 5 heteroatoms. The van der Waals surface area contributed by atoms with E-state index in [2.05, 4.69) is 44.6 Å². The fourth-order valence-corrected chi connectivity index (χ4v) is 3.40. The molecule has 3 aromatic rings. The molecule has 0 bridgehead atoms. The predicted octanol–water partition coefficient (Wildman–Crippen LogP) is 2.75. The lowest BCUT2D eigenvalue weighted by molar-refractivity contribution is 0.431. The fraction of sp³-hybridized carbons (Fsp3) is 0.300. The second-order valence-electron chi connectivity index (χ2n) is 6.64. The maximum absolute atomic E-state index is 8.29. The smallest absolute Gasteiger partial charge is 0.125 e. The first-order valence-corrected chi connectivity index (χ1v) is 8.83. The molecule has 1 aromatic carbocycles. The van der Waals surface area contributed by atoms with Gasteiger partial charge in [0.2, 0.25) is 0 Å². The molecule has 1 fully saturated rings. The summed E-state index contributed by atoms with van der Waals surface area (Å²) in [6.45, 7) is 2.84. The van der Waals surface area contributed by atoms with Gasteiger partial charge >= 0.3 is 0 Å². The minimum absolute atomic E-state index is 0.361. The van der Waals surface area contributed by atoms with Crippen molar-refractivity contribution in [3.05, 3.63) is 66.1 Å². The molecule has 3 heterocycles. The van der Waals surface area contributed by atoms with Crippen molar-refractivity contribution in [3.8, 4) is 0 Å². The number of aromatic nitrogens is 2. The van der Waals surface area contributed by atoms with E-state index in [1.165, 1.54) is 17.4 Å². The Hall–Kier alpha value is -2.66. The van der Waals surface area contributed by atoms with Gasteiger partial charge in [0.25, 0.3) is 0 Å². The Morgan fingerprint density at radius 2 is 2.12 bits per heavy atom. The van der Waals surface area contributed by atoms with Crippen molar-refractivity contribution in [1.82, 2.24) is 20.2 Å². The van der Waals surface area contributed by atoms with Crippen LogP contribution in [0.4, 0.5) is 0 Å². The lowest BCUT2D eigenvalue weighted by Gasteiger charge is -2.25. The van der Waals surface area contributed by atoms with Gasteiger partial charge in [-0.2, -0.15) is 0 Å². The van der Waals surface area contributed by atoms with Crippen LogP contribution in [0.3, 0.4) is 0 Å². The van der Waals surface area contributed by atoms with Crippen LogP contribution in [0.25, 0.3) is 10.9 Å². The third-order valence-corrected chi connectivity index (χ3v) is 4.82. The largest absolute Gasteiger partial charge is 0.366 e. The molecule has 1 aliphatic heterocycles. The van der Waals surface area contributed by atoms with Crippen molar-refractivity contribution in [3.63, 3.8) is 0 Å². The molecule has 1 unspecified atom stereocenters. The SMILES string of the molecule is N=C(NC1CCCNC1)c1ccc(Cn2ccc3ccncc32)cc1. The van der Waals surface area contributed by atoms with Crippen LogP contribution in [0, 0.1) is 5.41 Å². The molecule has 1 aliphatic rings. The lowest BCUT2D eigenvalue weighted by Crippen LogP contribution is -2.45. The normalized spacial score (nSPS) is 17.5. The van der Waals surface area contributed by atoms with Crippen LogP contribution in [0.15, 0.2) is 55.0 Å². The second kappa shape index (κ2) is 7.07. The maximum atomic E-state index is 8.29. The lowest BCUT2D eigenvalue weighted by atomic mass is 10.1. The summed E-state index contributed by atoms with van der Waals surface area (Å²) in [6, 6.07) is 12.8. The minimum Gasteiger partial charge on any atom is -0.366 e. The van der Waals surface area contributed by atoms with Gasteiger partial charge in [0, 0.05) is 42.5 Å². The molecule has 3 N–H and O–H groups in total. The zero-order valence-corrected chi connectivity index (χ0v) is 14.2. The molecule has 128 valence electrons. The highest BCUT2D eigenvalue weighted by Gasteiger charge is 2.14. The standard InChI is InChI=1S/C20H23N5/c21-20(24-18-2-1-9-22-12-18)17-5-3-15(4-6-17)14-25-11-8-16-7-10-23-13-19(16)25/h3-8,10-11,13,18,22H,1-2,9,12,14H2,(H2,21,24). The van der Waals surface area contributed by atoms with E-state index in [0.717, 1.165) is 37.1 Å². The Labute approximate surface area is 147 Å². The zero-order chi connectivity index (χ0) is 17.1. The monoisotopic (exact) mass is 333 g/mol. The highest BCUT2D eigenvalue weighted by molar-refractivity contribution is 5.96. The molecule has 0 amide bonds. The van der Waals surface area contributed by atoms with Crippen LogP contribution in [0.1, 0.15) is 24.0 Å². The van der Waals surface area contributed by atoms with Crippen LogP contribution in [-0.4, -0.2) is 34.5 Å². The van der Waals surface area contributed by atoms with Gasteiger partial charge in [-0.05, 0) is 37.1 Å². The molecule has 0 spiro atoms. The van der Waals surface area contributed by atoms with Crippen molar-refractivity contribution in [2.45, 2.75) is 25.4 Å². The average molecular weight is 333 g/mol. The van der Waals surface area contributed by atoms with Crippen LogP contribution >= 0.6 is 0 Å². The summed E-state index contributed by atoms with van der Waals surface area (Å²) in [4.78, 5) is 4.22. The molecule has 0 saturated carbocycles. The number of pyridine rings is 1. The maximum Gasteiger partial charge on any atom is 0.125 e. The zero-order valence-electron chi connectivity index (χ0n) is 14.2. The quantitative estimate of drug-likeness (QED) is 0.508. The van der Waals surface area contributed by atoms with Gasteiger partial charge < -0.3 is 15.2 Å². The van der Waals surface area contributed by atoms with Crippen molar-refractivity contribution in [2.24, 2.45) is 0 Å². The molecule has 4 rings (SSSR count). The van der Waals surface area contributed by atoms with Crippen LogP contribution in [-0.2, 0) is 6.54 Å². The summed E-state index contributed by atoms with van der Waals surface area (Å²) in [7, 11) is 0. The van der Waals surface area contributed by atoms with Gasteiger partial charge in [0.1, 0.15) is 5.84 Å². The number of hydrogen-bond donors (Lipinski definition) is 3. The topological polar surface area (TPSA) is 65.7 Å². The fourth-order valence-electron chi connectivity index (χ4n) is 3.40. The van der Waals surface area contributed by atoms with E-state index < -0.39 is 0 Å². The van der Waals surface area contributed by atoms with Gasteiger partial charge in [-0.3, -0.25) is 10.4 Å². The summed E-state index contributed by atoms with van der Waals surface area (Å²) in [6.07, 6.45) is 8.12. The number of hydrogen-bond acceptors (Lipinski definition) is 3. The molecule has 5 nitrogen and oxygen atoms in total. The van der Waals surface area contributed by atoms with Crippen molar-refractivity contribution >= 4 is 16.7 Å². The number of amidine groups is 1. The third kappa shape index (κ3) is 3.56. The van der Waals surface area contributed by atoms with E-state index in [0.29, 0.717) is 11.9 Å². The minimum atomic E-state index is 0.361. The highest BCUT2D eigenvalue weighted by Crippen LogP contribution is 2.16. The summed E-state index contributed by atoms with van der Waals surface area (Å²) in [5.74, 6) is 0.510. The summed E-state index contributed by atoms with van der Waals surface area (Å²) in [5.41, 5.74) is 3.30. The second-order valence-corrected chi connectivity index (χ2v) is 6.64. The van der Waals surface area contributed by atoms with Crippen LogP contribution < -0.4 is 10.6 Å². The number of benzene rings is 1. The highest BCUT2D eigenvalue weighted by atomic mass is 15.0. The molecular weight excluding hydrogens is 310 g/mol. The van der Waals surface area contributed by atoms with Gasteiger partial charge in [-0.1, -0.05) is 24.3 Å². The first-order chi connectivity index (χ1) is 12.3. The number of nitrogens with zero attached hydrogens (tertiary/aromatic N) is 2. The molecular formula is C20H23N5. The van der Waals surface area contributed by atoms with Crippen molar-refractivity contribution in [1.29, 1.82) is 5.41 Å². The van der Waals surface area contributed by atoms with Gasteiger partial charge in [-0.15, -0.1) is 0 Å². The third-order valence-electron chi connectivity index (χ3n) is 4.82. The Bertz CT molecular complexity index is 859. The first kappa shape index (κ1) is 15.8. The molecule has 1 saturated heterocycles. The van der Waals surface area contributed by atoms with E-state index in [1.54, 1.807) is 0 Å². The number of fused-ring (bicyclic) bond motifs is 1. The summed E-state index contributed by atoms with van der Waals surface area (Å²) in [5, 5.41) is 16.2. The predicted molar refractivity (Wildman–Crippen MR) is 101 cm³/mol. The number of nitrogens with one attached hydrogen (secondary N) is 3. The Balaban J connectivity index is 1.43. The number of rotatable bonds is 4. The van der Waals surface area contributed by atoms with E-state index >= 15 is 0 Å². The molecule has 0 radical (unpaired) electrons. The molecule has 1 atom stereocenters. The van der Waals surface area contributed by atoms with Crippen LogP contribution in [0.2, 0.25) is 0 Å². The Morgan fingerprint density at radius 1 is 1.24 bits per heavy atom. The van der Waals surface area contributed by atoms with Crippen molar-refractivity contribution in [2.75, 3.05) is 13.1 Å². The Morgan fingerprint density at radius 3 is 2.92 bits per heavy atom. The van der Waals surface area contributed by atoms with Crippen LogP contribution in [0.5, 0.6) is 0 Å². The molecule has 25 heavy (non-hydrogen) atoms. The summed E-state index contributed by atoms with van der Waals surface area (Å²) >= 11 is 0. The van der Waals surface area contributed by atoms with E-state index in [-0.39, 0.29) is 0 Å². The Kier molecular flexibility index (Phi) is 4.48. The molecule has 2 aromatic heterocycles. The first-order valence-electron chi connectivity index (χ1n) is 8.83. The van der Waals surface area contributed by atoms with E-state index in [9.17, 15) is 0 Å². The van der Waals surface area contributed by atoms with E-state index in [1.807, 2.05) is 30.6 Å². The van der Waals surface area contributed by atoms with Gasteiger partial charge in [0.05, 0.1) is 11.7 Å². The summed E-state index contributed by atoms with van der Waals surface area (Å²) < 4.78 is 2.20. The number of piperidine rings is 1. The molecule has 0 aliphatic carbocycles. The van der Waals surface area contributed by atoms with Gasteiger partial charge in [-0.25, -0.2) is 0 Å². The van der Waals surface area contributed by atoms with E-state index in [4.69, 9.17) is 5.41 Å². The van der Waals surface area contributed by atoms with Gasteiger partial charge in [0.15, 0.2) is 0 Å².